The molecule has 1 fully saturated rings. The van der Waals surface area contributed by atoms with Crippen molar-refractivity contribution in [3.63, 3.8) is 0 Å². The maximum atomic E-state index is 13.1. The standard InChI is InChI=1S/C30H30O14/c1-15(31)37-14-25-27(39-16(2)32)28(40-17(3)33)29(41-18(4)34)30(44-25)43-21-10-11-22-23(12-21)38-13-24(26(22)35)42-20-8-6-19(36-5)7-9-20/h6-13,25,27-30H,14H2,1-5H3/t25-,27+,28+,29+,30-/m1/s1. The molecule has 0 aliphatic carbocycles. The average Bonchev–Trinajstić information content (AvgIpc) is 2.96. The Morgan fingerprint density at radius 1 is 0.750 bits per heavy atom. The Morgan fingerprint density at radius 2 is 1.34 bits per heavy atom. The summed E-state index contributed by atoms with van der Waals surface area (Å²) in [5, 5.41) is 0.171. The minimum atomic E-state index is -1.46. The van der Waals surface area contributed by atoms with Crippen LogP contribution in [-0.2, 0) is 42.9 Å². The van der Waals surface area contributed by atoms with Gasteiger partial charge in [-0.25, -0.2) is 0 Å². The van der Waals surface area contributed by atoms with Gasteiger partial charge in [0.25, 0.3) is 0 Å². The number of rotatable bonds is 10. The molecule has 2 heterocycles. The van der Waals surface area contributed by atoms with E-state index in [1.165, 1.54) is 32.2 Å². The van der Waals surface area contributed by atoms with Crippen LogP contribution in [0.4, 0.5) is 0 Å². The van der Waals surface area contributed by atoms with E-state index in [2.05, 4.69) is 0 Å². The monoisotopic (exact) mass is 614 g/mol. The van der Waals surface area contributed by atoms with Crippen molar-refractivity contribution in [1.29, 1.82) is 0 Å². The summed E-state index contributed by atoms with van der Waals surface area (Å²) in [7, 11) is 1.53. The molecule has 1 saturated heterocycles. The largest absolute Gasteiger partial charge is 0.497 e. The van der Waals surface area contributed by atoms with Gasteiger partial charge in [-0.3, -0.25) is 24.0 Å². The van der Waals surface area contributed by atoms with E-state index in [0.29, 0.717) is 11.5 Å². The lowest BCUT2D eigenvalue weighted by Crippen LogP contribution is -2.63. The Balaban J connectivity index is 1.65. The highest BCUT2D eigenvalue weighted by Crippen LogP contribution is 2.32. The van der Waals surface area contributed by atoms with Gasteiger partial charge in [-0.1, -0.05) is 0 Å². The summed E-state index contributed by atoms with van der Waals surface area (Å²) in [6, 6.07) is 10.9. The van der Waals surface area contributed by atoms with Crippen molar-refractivity contribution in [1.82, 2.24) is 0 Å². The van der Waals surface area contributed by atoms with Crippen LogP contribution in [0, 0.1) is 0 Å². The zero-order valence-corrected chi connectivity index (χ0v) is 24.4. The first kappa shape index (κ1) is 31.8. The molecule has 0 spiro atoms. The van der Waals surface area contributed by atoms with Gasteiger partial charge in [0, 0.05) is 33.8 Å². The second-order valence-electron chi connectivity index (χ2n) is 9.55. The summed E-state index contributed by atoms with van der Waals surface area (Å²) < 4.78 is 49.6. The highest BCUT2D eigenvalue weighted by Gasteiger charge is 2.53. The number of hydrogen-bond acceptors (Lipinski definition) is 14. The van der Waals surface area contributed by atoms with Crippen LogP contribution < -0.4 is 19.6 Å². The van der Waals surface area contributed by atoms with Gasteiger partial charge in [0.2, 0.25) is 23.6 Å². The Bertz CT molecular complexity index is 1580. The summed E-state index contributed by atoms with van der Waals surface area (Å²) >= 11 is 0. The molecule has 3 aromatic rings. The molecule has 14 nitrogen and oxygen atoms in total. The van der Waals surface area contributed by atoms with Crippen LogP contribution in [0.1, 0.15) is 27.7 Å². The molecular weight excluding hydrogens is 584 g/mol. The smallest absolute Gasteiger partial charge is 0.303 e. The van der Waals surface area contributed by atoms with Crippen molar-refractivity contribution in [3.05, 3.63) is 59.0 Å². The highest BCUT2D eigenvalue weighted by atomic mass is 16.7. The zero-order valence-electron chi connectivity index (χ0n) is 24.4. The van der Waals surface area contributed by atoms with Gasteiger partial charge in [0.1, 0.15) is 41.8 Å². The molecule has 0 amide bonds. The fourth-order valence-corrected chi connectivity index (χ4v) is 4.42. The Kier molecular flexibility index (Phi) is 10.1. The molecule has 0 N–H and O–H groups in total. The van der Waals surface area contributed by atoms with E-state index in [4.69, 9.17) is 42.3 Å². The molecule has 1 aliphatic heterocycles. The number of fused-ring (bicyclic) bond motifs is 1. The number of carbonyl (C=O) groups is 4. The molecule has 1 aliphatic rings. The van der Waals surface area contributed by atoms with Crippen LogP contribution in [-0.4, -0.2) is 68.3 Å². The normalized spacial score (nSPS) is 21.1. The summed E-state index contributed by atoms with van der Waals surface area (Å²) in [6.45, 7) is 4.10. The van der Waals surface area contributed by atoms with E-state index in [1.54, 1.807) is 24.3 Å². The van der Waals surface area contributed by atoms with Gasteiger partial charge < -0.3 is 42.3 Å². The summed E-state index contributed by atoms with van der Waals surface area (Å²) in [5.41, 5.74) is -0.332. The van der Waals surface area contributed by atoms with Crippen LogP contribution in [0.5, 0.6) is 23.0 Å². The van der Waals surface area contributed by atoms with E-state index >= 15 is 0 Å². The van der Waals surface area contributed by atoms with Gasteiger partial charge in [-0.15, -0.1) is 0 Å². The molecule has 5 atom stereocenters. The fourth-order valence-electron chi connectivity index (χ4n) is 4.42. The summed E-state index contributed by atoms with van der Waals surface area (Å²) in [4.78, 5) is 60.7. The van der Waals surface area contributed by atoms with E-state index in [1.807, 2.05) is 0 Å². The quantitative estimate of drug-likeness (QED) is 0.241. The van der Waals surface area contributed by atoms with E-state index in [-0.39, 0.29) is 22.5 Å². The van der Waals surface area contributed by atoms with Gasteiger partial charge in [0.05, 0.1) is 12.5 Å². The number of ether oxygens (including phenoxy) is 8. The van der Waals surface area contributed by atoms with Gasteiger partial charge in [0.15, 0.2) is 12.2 Å². The van der Waals surface area contributed by atoms with Crippen LogP contribution in [0.25, 0.3) is 11.0 Å². The third-order valence-electron chi connectivity index (χ3n) is 6.20. The molecule has 1 aromatic heterocycles. The Hall–Kier alpha value is -5.11. The maximum Gasteiger partial charge on any atom is 0.303 e. The van der Waals surface area contributed by atoms with Crippen molar-refractivity contribution < 1.29 is 61.5 Å². The molecule has 0 saturated carbocycles. The minimum absolute atomic E-state index is 0.0593. The highest BCUT2D eigenvalue weighted by molar-refractivity contribution is 5.79. The molecule has 0 radical (unpaired) electrons. The fraction of sp³-hybridized carbons (Fsp3) is 0.367. The average molecular weight is 615 g/mol. The lowest BCUT2D eigenvalue weighted by molar-refractivity contribution is -0.288. The number of hydrogen-bond donors (Lipinski definition) is 0. The van der Waals surface area contributed by atoms with E-state index in [0.717, 1.165) is 27.0 Å². The first-order valence-electron chi connectivity index (χ1n) is 13.3. The van der Waals surface area contributed by atoms with Gasteiger partial charge in [-0.2, -0.15) is 0 Å². The predicted octanol–water partition coefficient (Wildman–Crippen LogP) is 3.06. The Morgan fingerprint density at radius 3 is 1.95 bits per heavy atom. The zero-order chi connectivity index (χ0) is 32.0. The van der Waals surface area contributed by atoms with Crippen molar-refractivity contribution in [2.75, 3.05) is 13.7 Å². The number of carbonyl (C=O) groups excluding carboxylic acids is 4. The molecule has 44 heavy (non-hydrogen) atoms. The molecule has 2 aromatic carbocycles. The van der Waals surface area contributed by atoms with Crippen LogP contribution >= 0.6 is 0 Å². The first-order chi connectivity index (χ1) is 20.9. The first-order valence-corrected chi connectivity index (χ1v) is 13.3. The summed E-state index contributed by atoms with van der Waals surface area (Å²) in [5.74, 6) is -1.92. The Labute approximate surface area is 250 Å². The second-order valence-corrected chi connectivity index (χ2v) is 9.55. The molecule has 4 rings (SSSR count). The molecule has 234 valence electrons. The second kappa shape index (κ2) is 13.9. The minimum Gasteiger partial charge on any atom is -0.497 e. The van der Waals surface area contributed by atoms with Gasteiger partial charge >= 0.3 is 23.9 Å². The van der Waals surface area contributed by atoms with Gasteiger partial charge in [-0.05, 0) is 36.4 Å². The SMILES string of the molecule is COc1ccc(Oc2coc3cc(O[C@@H]4O[C@H](COC(C)=O)[C@H](OC(C)=O)[C@H](OC(C)=O)[C@@H]4OC(C)=O)ccc3c2=O)cc1. The van der Waals surface area contributed by atoms with E-state index in [9.17, 15) is 24.0 Å². The molecule has 0 bridgehead atoms. The lowest BCUT2D eigenvalue weighted by Gasteiger charge is -2.43. The van der Waals surface area contributed by atoms with Crippen molar-refractivity contribution >= 4 is 34.8 Å². The molecule has 0 unspecified atom stereocenters. The number of methoxy groups -OCH3 is 1. The number of esters is 4. The van der Waals surface area contributed by atoms with Crippen molar-refractivity contribution in [3.8, 4) is 23.0 Å². The maximum absolute atomic E-state index is 13.1. The third-order valence-corrected chi connectivity index (χ3v) is 6.20. The van der Waals surface area contributed by atoms with Crippen LogP contribution in [0.2, 0.25) is 0 Å². The number of benzene rings is 2. The third kappa shape index (κ3) is 7.83. The lowest BCUT2D eigenvalue weighted by atomic mass is 9.98. The molecule has 14 heteroatoms. The topological polar surface area (TPSA) is 172 Å². The summed E-state index contributed by atoms with van der Waals surface area (Å²) in [6.07, 6.45) is -5.68. The van der Waals surface area contributed by atoms with E-state index < -0.39 is 66.6 Å². The van der Waals surface area contributed by atoms with Crippen LogP contribution in [0.3, 0.4) is 0 Å². The predicted molar refractivity (Wildman–Crippen MR) is 148 cm³/mol. The van der Waals surface area contributed by atoms with Crippen molar-refractivity contribution in [2.24, 2.45) is 0 Å². The van der Waals surface area contributed by atoms with Crippen LogP contribution in [0.15, 0.2) is 57.9 Å². The van der Waals surface area contributed by atoms with Crippen molar-refractivity contribution in [2.45, 2.75) is 58.4 Å². The molecular formula is C30H30O14.